The number of hydrogen-bond acceptors (Lipinski definition) is 2. The maximum absolute atomic E-state index is 9.79. The third-order valence-electron chi connectivity index (χ3n) is 2.46. The Bertz CT molecular complexity index is 518. The van der Waals surface area contributed by atoms with Crippen LogP contribution in [0.2, 0.25) is 5.02 Å². The van der Waals surface area contributed by atoms with Gasteiger partial charge in [-0.05, 0) is 42.3 Å². The third-order valence-corrected chi connectivity index (χ3v) is 2.86. The van der Waals surface area contributed by atoms with E-state index in [-0.39, 0.29) is 11.5 Å². The van der Waals surface area contributed by atoms with Gasteiger partial charge in [0, 0.05) is 10.6 Å². The highest BCUT2D eigenvalue weighted by atomic mass is 35.5. The van der Waals surface area contributed by atoms with Gasteiger partial charge in [-0.25, -0.2) is 0 Å². The lowest BCUT2D eigenvalue weighted by Gasteiger charge is -2.07. The van der Waals surface area contributed by atoms with Gasteiger partial charge in [0.05, 0.1) is 0 Å². The zero-order valence-corrected chi connectivity index (χ0v) is 9.49. The molecule has 0 heterocycles. The van der Waals surface area contributed by atoms with E-state index in [9.17, 15) is 10.2 Å². The van der Waals surface area contributed by atoms with Crippen molar-refractivity contribution in [3.05, 3.63) is 47.0 Å². The van der Waals surface area contributed by atoms with Crippen LogP contribution in [0.3, 0.4) is 0 Å². The van der Waals surface area contributed by atoms with Crippen LogP contribution in [0.15, 0.2) is 36.4 Å². The number of hydrogen-bond donors (Lipinski definition) is 2. The highest BCUT2D eigenvalue weighted by Gasteiger charge is 2.07. The monoisotopic (exact) mass is 234 g/mol. The van der Waals surface area contributed by atoms with E-state index in [1.54, 1.807) is 24.3 Å². The minimum atomic E-state index is 0.140. The molecule has 3 heteroatoms. The van der Waals surface area contributed by atoms with Crippen LogP contribution in [0.5, 0.6) is 11.5 Å². The van der Waals surface area contributed by atoms with Gasteiger partial charge in [0.2, 0.25) is 0 Å². The Morgan fingerprint density at radius 1 is 1.00 bits per heavy atom. The molecule has 0 aromatic heterocycles. The maximum atomic E-state index is 9.79. The lowest BCUT2D eigenvalue weighted by molar-refractivity contribution is 0.474. The van der Waals surface area contributed by atoms with E-state index in [4.69, 9.17) is 11.6 Å². The smallest absolute Gasteiger partial charge is 0.124 e. The minimum Gasteiger partial charge on any atom is -0.508 e. The van der Waals surface area contributed by atoms with Crippen molar-refractivity contribution >= 4 is 11.6 Å². The molecule has 0 aliphatic rings. The van der Waals surface area contributed by atoms with Gasteiger partial charge < -0.3 is 10.2 Å². The number of phenols is 2. The fourth-order valence-corrected chi connectivity index (χ4v) is 1.70. The van der Waals surface area contributed by atoms with E-state index in [2.05, 4.69) is 0 Å². The maximum Gasteiger partial charge on any atom is 0.124 e. The Labute approximate surface area is 98.7 Å². The largest absolute Gasteiger partial charge is 0.508 e. The van der Waals surface area contributed by atoms with Crippen LogP contribution in [-0.2, 0) is 0 Å². The first-order chi connectivity index (χ1) is 7.58. The molecule has 2 aromatic carbocycles. The summed E-state index contributed by atoms with van der Waals surface area (Å²) in [4.78, 5) is 0. The molecule has 0 aliphatic heterocycles. The molecular weight excluding hydrogens is 224 g/mol. The van der Waals surface area contributed by atoms with Crippen LogP contribution in [-0.4, -0.2) is 10.2 Å². The lowest BCUT2D eigenvalue weighted by Crippen LogP contribution is -1.82. The van der Waals surface area contributed by atoms with Gasteiger partial charge in [-0.1, -0.05) is 23.7 Å². The second kappa shape index (κ2) is 4.06. The van der Waals surface area contributed by atoms with Crippen molar-refractivity contribution in [2.24, 2.45) is 0 Å². The number of benzene rings is 2. The Morgan fingerprint density at radius 3 is 2.25 bits per heavy atom. The molecule has 16 heavy (non-hydrogen) atoms. The van der Waals surface area contributed by atoms with Crippen LogP contribution in [0.25, 0.3) is 11.1 Å². The first-order valence-corrected chi connectivity index (χ1v) is 5.24. The molecule has 0 saturated carbocycles. The first-order valence-electron chi connectivity index (χ1n) is 4.86. The fraction of sp³-hybridized carbons (Fsp3) is 0.0769. The van der Waals surface area contributed by atoms with Crippen LogP contribution in [0, 0.1) is 6.92 Å². The predicted molar refractivity (Wildman–Crippen MR) is 65.0 cm³/mol. The average molecular weight is 235 g/mol. The van der Waals surface area contributed by atoms with Crippen LogP contribution < -0.4 is 0 Å². The summed E-state index contributed by atoms with van der Waals surface area (Å²) in [6.45, 7) is 1.88. The summed E-state index contributed by atoms with van der Waals surface area (Å²) >= 11 is 5.90. The number of aromatic hydroxyl groups is 2. The molecule has 0 unspecified atom stereocenters. The molecule has 0 radical (unpaired) electrons. The molecule has 0 amide bonds. The van der Waals surface area contributed by atoms with Gasteiger partial charge in [0.15, 0.2) is 0 Å². The molecule has 0 saturated heterocycles. The third kappa shape index (κ3) is 1.97. The lowest BCUT2D eigenvalue weighted by atomic mass is 10.0. The number of halogens is 1. The molecule has 0 spiro atoms. The zero-order chi connectivity index (χ0) is 11.7. The summed E-state index contributed by atoms with van der Waals surface area (Å²) in [7, 11) is 0. The molecule has 2 nitrogen and oxygen atoms in total. The summed E-state index contributed by atoms with van der Waals surface area (Å²) in [5.74, 6) is 0.343. The molecule has 0 atom stereocenters. The van der Waals surface area contributed by atoms with E-state index >= 15 is 0 Å². The normalized spacial score (nSPS) is 10.4. The van der Waals surface area contributed by atoms with Crippen molar-refractivity contribution in [1.82, 2.24) is 0 Å². The molecule has 2 aromatic rings. The highest BCUT2D eigenvalue weighted by Crippen LogP contribution is 2.34. The Hall–Kier alpha value is -1.67. The number of rotatable bonds is 1. The van der Waals surface area contributed by atoms with Crippen LogP contribution in [0.1, 0.15) is 5.56 Å². The van der Waals surface area contributed by atoms with Crippen LogP contribution in [0.4, 0.5) is 0 Å². The van der Waals surface area contributed by atoms with Crippen molar-refractivity contribution in [2.45, 2.75) is 6.92 Å². The standard InChI is InChI=1S/C13H11ClO2/c1-8-6-11(13(16)7-12(8)14)9-2-4-10(15)5-3-9/h2-7,15-16H,1H3. The van der Waals surface area contributed by atoms with Crippen molar-refractivity contribution in [2.75, 3.05) is 0 Å². The SMILES string of the molecule is Cc1cc(-c2ccc(O)cc2)c(O)cc1Cl. The van der Waals surface area contributed by atoms with Crippen LogP contribution >= 0.6 is 11.6 Å². The Kier molecular flexibility index (Phi) is 2.75. The molecule has 2 rings (SSSR count). The summed E-state index contributed by atoms with van der Waals surface area (Å²) < 4.78 is 0. The molecular formula is C13H11ClO2. The minimum absolute atomic E-state index is 0.140. The van der Waals surface area contributed by atoms with E-state index in [0.29, 0.717) is 10.6 Å². The first kappa shape index (κ1) is 10.8. The van der Waals surface area contributed by atoms with E-state index < -0.39 is 0 Å². The molecule has 82 valence electrons. The topological polar surface area (TPSA) is 40.5 Å². The summed E-state index contributed by atoms with van der Waals surface area (Å²) in [5, 5.41) is 19.5. The number of aryl methyl sites for hydroxylation is 1. The quantitative estimate of drug-likeness (QED) is 0.789. The van der Waals surface area contributed by atoms with Gasteiger partial charge in [-0.15, -0.1) is 0 Å². The fourth-order valence-electron chi connectivity index (χ4n) is 1.54. The molecule has 0 bridgehead atoms. The van der Waals surface area contributed by atoms with Gasteiger partial charge in [-0.3, -0.25) is 0 Å². The summed E-state index contributed by atoms with van der Waals surface area (Å²) in [5.41, 5.74) is 2.46. The zero-order valence-electron chi connectivity index (χ0n) is 8.74. The van der Waals surface area contributed by atoms with Gasteiger partial charge in [0.25, 0.3) is 0 Å². The number of phenolic OH excluding ortho intramolecular Hbond substituents is 2. The Balaban J connectivity index is 2.56. The molecule has 0 fully saturated rings. The van der Waals surface area contributed by atoms with Crippen molar-refractivity contribution in [1.29, 1.82) is 0 Å². The molecule has 0 aliphatic carbocycles. The summed E-state index contributed by atoms with van der Waals surface area (Å²) in [6.07, 6.45) is 0. The average Bonchev–Trinajstić information content (AvgIpc) is 2.25. The summed E-state index contributed by atoms with van der Waals surface area (Å²) in [6, 6.07) is 10.0. The van der Waals surface area contributed by atoms with E-state index in [1.165, 1.54) is 6.07 Å². The van der Waals surface area contributed by atoms with Gasteiger partial charge in [-0.2, -0.15) is 0 Å². The van der Waals surface area contributed by atoms with Crippen molar-refractivity contribution < 1.29 is 10.2 Å². The van der Waals surface area contributed by atoms with Crippen molar-refractivity contribution in [3.8, 4) is 22.6 Å². The Morgan fingerprint density at radius 2 is 1.62 bits per heavy atom. The van der Waals surface area contributed by atoms with Crippen molar-refractivity contribution in [3.63, 3.8) is 0 Å². The van der Waals surface area contributed by atoms with Gasteiger partial charge in [0.1, 0.15) is 11.5 Å². The molecule has 2 N–H and O–H groups in total. The predicted octanol–water partition coefficient (Wildman–Crippen LogP) is 3.73. The second-order valence-electron chi connectivity index (χ2n) is 3.67. The van der Waals surface area contributed by atoms with Gasteiger partial charge >= 0.3 is 0 Å². The van der Waals surface area contributed by atoms with E-state index in [0.717, 1.165) is 11.1 Å². The van der Waals surface area contributed by atoms with E-state index in [1.807, 2.05) is 13.0 Å². The highest BCUT2D eigenvalue weighted by molar-refractivity contribution is 6.31. The second-order valence-corrected chi connectivity index (χ2v) is 4.07.